The average molecular weight is 886 g/mol. The molecular weight excluding hydrogens is 847 g/mol. The molecular formula is C62H39N5S. The molecule has 0 fully saturated rings. The van der Waals surface area contributed by atoms with Crippen molar-refractivity contribution in [2.75, 3.05) is 0 Å². The molecule has 0 aliphatic rings. The molecule has 9 aromatic carbocycles. The lowest BCUT2D eigenvalue weighted by Gasteiger charge is -2.18. The molecule has 0 saturated carbocycles. The first-order valence-corrected chi connectivity index (χ1v) is 23.6. The predicted octanol–water partition coefficient (Wildman–Crippen LogP) is 16.4. The van der Waals surface area contributed by atoms with E-state index in [2.05, 4.69) is 199 Å². The molecule has 4 heterocycles. The Balaban J connectivity index is 1.05. The zero-order valence-electron chi connectivity index (χ0n) is 36.7. The summed E-state index contributed by atoms with van der Waals surface area (Å²) in [4.78, 5) is 21.1. The molecule has 5 nitrogen and oxygen atoms in total. The Morgan fingerprint density at radius 1 is 0.324 bits per heavy atom. The Bertz CT molecular complexity index is 3880. The third-order valence-electron chi connectivity index (χ3n) is 12.9. The molecule has 0 aliphatic heterocycles. The monoisotopic (exact) mass is 885 g/mol. The molecule has 0 amide bonds. The first-order valence-electron chi connectivity index (χ1n) is 22.8. The van der Waals surface area contributed by atoms with E-state index in [4.69, 9.17) is 19.9 Å². The van der Waals surface area contributed by atoms with Gasteiger partial charge in [0.15, 0.2) is 17.5 Å². The van der Waals surface area contributed by atoms with Crippen LogP contribution in [0.2, 0.25) is 0 Å². The second-order valence-corrected chi connectivity index (χ2v) is 18.1. The van der Waals surface area contributed by atoms with Crippen LogP contribution in [0.5, 0.6) is 0 Å². The molecule has 68 heavy (non-hydrogen) atoms. The minimum atomic E-state index is 0.549. The van der Waals surface area contributed by atoms with Gasteiger partial charge in [0.1, 0.15) is 0 Å². The van der Waals surface area contributed by atoms with E-state index in [0.29, 0.717) is 17.5 Å². The van der Waals surface area contributed by atoms with Crippen LogP contribution in [-0.4, -0.2) is 24.5 Å². The van der Waals surface area contributed by atoms with Crippen molar-refractivity contribution >= 4 is 53.3 Å². The van der Waals surface area contributed by atoms with Crippen molar-refractivity contribution in [1.82, 2.24) is 24.5 Å². The van der Waals surface area contributed by atoms with Gasteiger partial charge in [-0.3, -0.25) is 4.98 Å². The van der Waals surface area contributed by atoms with E-state index in [1.165, 1.54) is 42.0 Å². The highest BCUT2D eigenvalue weighted by atomic mass is 32.1. The number of thiophene rings is 1. The van der Waals surface area contributed by atoms with Gasteiger partial charge in [0, 0.05) is 70.6 Å². The van der Waals surface area contributed by atoms with Gasteiger partial charge in [-0.2, -0.15) is 0 Å². The lowest BCUT2D eigenvalue weighted by molar-refractivity contribution is 1.07. The van der Waals surface area contributed by atoms with Gasteiger partial charge in [-0.15, -0.1) is 11.3 Å². The van der Waals surface area contributed by atoms with E-state index in [9.17, 15) is 0 Å². The van der Waals surface area contributed by atoms with Gasteiger partial charge < -0.3 is 4.57 Å². The molecule has 13 aromatic rings. The number of hydrogen-bond donors (Lipinski definition) is 0. The van der Waals surface area contributed by atoms with E-state index in [1.54, 1.807) is 0 Å². The molecule has 4 aromatic heterocycles. The first-order chi connectivity index (χ1) is 33.7. The van der Waals surface area contributed by atoms with Crippen LogP contribution in [0.1, 0.15) is 0 Å². The maximum atomic E-state index is 5.45. The summed E-state index contributed by atoms with van der Waals surface area (Å²) in [5.74, 6) is 1.74. The number of hydrogen-bond acceptors (Lipinski definition) is 5. The summed E-state index contributed by atoms with van der Waals surface area (Å²) < 4.78 is 4.81. The van der Waals surface area contributed by atoms with Gasteiger partial charge in [0.05, 0.1) is 16.7 Å². The van der Waals surface area contributed by atoms with Gasteiger partial charge in [-0.05, 0) is 70.3 Å². The number of nitrogens with zero attached hydrogens (tertiary/aromatic N) is 5. The Hall–Kier alpha value is -8.84. The third kappa shape index (κ3) is 6.86. The molecule has 318 valence electrons. The van der Waals surface area contributed by atoms with E-state index < -0.39 is 0 Å². The highest BCUT2D eigenvalue weighted by Crippen LogP contribution is 2.45. The summed E-state index contributed by atoms with van der Waals surface area (Å²) in [6.07, 6.45) is 2.03. The SMILES string of the molecule is c1ccc(-c2nc(-c3ccccc3)nc(-c3cc(-c4c(-c5ccccc5)cccc4-c4ccccc4)cnc3-c3ccc4c(c3)sc3cc5c(cc34)c3ccccc3n5-c3ccccc3)n2)cc1. The zero-order chi connectivity index (χ0) is 45.0. The minimum absolute atomic E-state index is 0.549. The van der Waals surface area contributed by atoms with E-state index in [0.717, 1.165) is 67.0 Å². The van der Waals surface area contributed by atoms with E-state index >= 15 is 0 Å². The van der Waals surface area contributed by atoms with Crippen molar-refractivity contribution in [3.63, 3.8) is 0 Å². The molecule has 0 radical (unpaired) electrons. The molecule has 0 atom stereocenters. The van der Waals surface area contributed by atoms with Crippen molar-refractivity contribution in [3.8, 4) is 84.5 Å². The van der Waals surface area contributed by atoms with E-state index in [1.807, 2.05) is 53.9 Å². The molecule has 6 heteroatoms. The largest absolute Gasteiger partial charge is 0.309 e. The fourth-order valence-electron chi connectivity index (χ4n) is 9.75. The van der Waals surface area contributed by atoms with Crippen LogP contribution < -0.4 is 0 Å². The van der Waals surface area contributed by atoms with Gasteiger partial charge in [-0.1, -0.05) is 188 Å². The second-order valence-electron chi connectivity index (χ2n) is 17.0. The topological polar surface area (TPSA) is 56.5 Å². The smallest absolute Gasteiger partial charge is 0.166 e. The van der Waals surface area contributed by atoms with Crippen LogP contribution in [-0.2, 0) is 0 Å². The Labute approximate surface area is 397 Å². The molecule has 0 saturated heterocycles. The van der Waals surface area contributed by atoms with Crippen LogP contribution in [0.15, 0.2) is 237 Å². The maximum Gasteiger partial charge on any atom is 0.166 e. The Morgan fingerprint density at radius 2 is 0.868 bits per heavy atom. The number of para-hydroxylation sites is 2. The van der Waals surface area contributed by atoms with Gasteiger partial charge >= 0.3 is 0 Å². The zero-order valence-corrected chi connectivity index (χ0v) is 37.5. The average Bonchev–Trinajstić information content (AvgIpc) is 3.95. The quantitative estimate of drug-likeness (QED) is 0.153. The number of fused-ring (bicyclic) bond motifs is 6. The molecule has 0 unspecified atom stereocenters. The standard InChI is InChI=1S/C62H39N5S/c1-6-19-40(20-7-1)47-30-18-31-48(41-21-8-2-9-22-41)58(47)45-35-53(62-65-60(42-23-10-3-11-24-42)64-61(66-62)43-25-12-4-13-26-43)59(63-39-45)44-33-34-50-52-37-51-49-29-16-17-32-54(49)67(46-27-14-5-15-28-46)55(51)38-57(52)68-56(50)36-44/h1-39H. The second kappa shape index (κ2) is 16.5. The van der Waals surface area contributed by atoms with Gasteiger partial charge in [0.25, 0.3) is 0 Å². The van der Waals surface area contributed by atoms with Crippen molar-refractivity contribution in [3.05, 3.63) is 237 Å². The van der Waals surface area contributed by atoms with Crippen molar-refractivity contribution in [1.29, 1.82) is 0 Å². The van der Waals surface area contributed by atoms with Crippen molar-refractivity contribution < 1.29 is 0 Å². The Morgan fingerprint density at radius 3 is 1.50 bits per heavy atom. The molecule has 0 aliphatic carbocycles. The summed E-state index contributed by atoms with van der Waals surface area (Å²) in [5.41, 5.74) is 14.5. The maximum absolute atomic E-state index is 5.45. The van der Waals surface area contributed by atoms with Crippen molar-refractivity contribution in [2.45, 2.75) is 0 Å². The number of rotatable bonds is 8. The molecule has 0 spiro atoms. The van der Waals surface area contributed by atoms with E-state index in [-0.39, 0.29) is 0 Å². The molecule has 0 bridgehead atoms. The summed E-state index contributed by atoms with van der Waals surface area (Å²) in [7, 11) is 0. The highest BCUT2D eigenvalue weighted by Gasteiger charge is 2.22. The molecule has 13 rings (SSSR count). The fourth-order valence-corrected chi connectivity index (χ4v) is 10.9. The van der Waals surface area contributed by atoms with Crippen LogP contribution in [0.3, 0.4) is 0 Å². The lowest BCUT2D eigenvalue weighted by Crippen LogP contribution is -2.02. The predicted molar refractivity (Wildman–Crippen MR) is 283 cm³/mol. The van der Waals surface area contributed by atoms with Crippen LogP contribution >= 0.6 is 11.3 Å². The summed E-state index contributed by atoms with van der Waals surface area (Å²) >= 11 is 1.82. The number of aromatic nitrogens is 5. The molecule has 0 N–H and O–H groups in total. The summed E-state index contributed by atoms with van der Waals surface area (Å²) in [5, 5.41) is 4.94. The normalized spacial score (nSPS) is 11.5. The summed E-state index contributed by atoms with van der Waals surface area (Å²) in [6.45, 7) is 0. The minimum Gasteiger partial charge on any atom is -0.309 e. The van der Waals surface area contributed by atoms with Gasteiger partial charge in [-0.25, -0.2) is 15.0 Å². The Kier molecular flexibility index (Phi) is 9.62. The fraction of sp³-hybridized carbons (Fsp3) is 0. The van der Waals surface area contributed by atoms with Crippen LogP contribution in [0.25, 0.3) is 126 Å². The summed E-state index contributed by atoms with van der Waals surface area (Å²) in [6, 6.07) is 81.2. The van der Waals surface area contributed by atoms with Crippen LogP contribution in [0, 0.1) is 0 Å². The first kappa shape index (κ1) is 39.5. The van der Waals surface area contributed by atoms with Gasteiger partial charge in [0.2, 0.25) is 0 Å². The third-order valence-corrected chi connectivity index (χ3v) is 14.0. The van der Waals surface area contributed by atoms with Crippen LogP contribution in [0.4, 0.5) is 0 Å². The number of benzene rings is 9. The highest BCUT2D eigenvalue weighted by molar-refractivity contribution is 7.26. The van der Waals surface area contributed by atoms with Crippen molar-refractivity contribution in [2.24, 2.45) is 0 Å². The number of pyridine rings is 1. The lowest BCUT2D eigenvalue weighted by atomic mass is 9.87.